The predicted octanol–water partition coefficient (Wildman–Crippen LogP) is 4.76. The normalized spacial score (nSPS) is 26.0. The van der Waals surface area contributed by atoms with Gasteiger partial charge in [-0.25, -0.2) is 4.79 Å². The number of halogens is 1. The highest BCUT2D eigenvalue weighted by molar-refractivity contribution is 9.10. The lowest BCUT2D eigenvalue weighted by Gasteiger charge is -2.32. The Kier molecular flexibility index (Phi) is 5.68. The van der Waals surface area contributed by atoms with Crippen LogP contribution in [0.2, 0.25) is 0 Å². The molecule has 21 heavy (non-hydrogen) atoms. The molecule has 1 N–H and O–H groups in total. The summed E-state index contributed by atoms with van der Waals surface area (Å²) in [6, 6.07) is 7.97. The molecule has 1 aliphatic rings. The summed E-state index contributed by atoms with van der Waals surface area (Å²) < 4.78 is 6.40. The fourth-order valence-electron chi connectivity index (χ4n) is 2.97. The Morgan fingerprint density at radius 3 is 2.71 bits per heavy atom. The molecule has 0 amide bonds. The Balaban J connectivity index is 2.22. The number of carbonyl (C=O) groups is 1. The Hall–Kier alpha value is -1.03. The topological polar surface area (TPSA) is 38.3 Å². The smallest absolute Gasteiger partial charge is 0.331 e. The summed E-state index contributed by atoms with van der Waals surface area (Å²) in [6.07, 6.45) is 4.98. The summed E-state index contributed by atoms with van der Waals surface area (Å²) in [6.45, 7) is 4.56. The molecule has 0 aromatic heterocycles. The van der Waals surface area contributed by atoms with Crippen LogP contribution in [0.5, 0.6) is 0 Å². The summed E-state index contributed by atoms with van der Waals surface area (Å²) in [4.78, 5) is 12.6. The summed E-state index contributed by atoms with van der Waals surface area (Å²) in [7, 11) is 0. The van der Waals surface area contributed by atoms with Gasteiger partial charge in [-0.15, -0.1) is 0 Å². The Morgan fingerprint density at radius 2 is 2.05 bits per heavy atom. The van der Waals surface area contributed by atoms with E-state index in [1.54, 1.807) is 0 Å². The molecule has 4 heteroatoms. The standard InChI is InChI=1S/C17H24BrNO2/c1-3-21-16(20)17(11-4-5-13(2)10-12-17)19-15-8-6-14(18)7-9-15/h6-9,13,19H,3-5,10-12H2,1-2H3. The Morgan fingerprint density at radius 1 is 1.33 bits per heavy atom. The number of ether oxygens (including phenoxy) is 1. The second-order valence-corrected chi connectivity index (χ2v) is 6.89. The van der Waals surface area contributed by atoms with E-state index in [0.717, 1.165) is 35.8 Å². The van der Waals surface area contributed by atoms with Crippen molar-refractivity contribution >= 4 is 27.6 Å². The van der Waals surface area contributed by atoms with E-state index in [2.05, 4.69) is 28.2 Å². The van der Waals surface area contributed by atoms with Gasteiger partial charge in [0, 0.05) is 10.2 Å². The van der Waals surface area contributed by atoms with Crippen molar-refractivity contribution in [1.82, 2.24) is 0 Å². The molecule has 1 aromatic rings. The van der Waals surface area contributed by atoms with E-state index in [-0.39, 0.29) is 5.97 Å². The minimum absolute atomic E-state index is 0.109. The highest BCUT2D eigenvalue weighted by atomic mass is 79.9. The number of esters is 1. The Labute approximate surface area is 135 Å². The van der Waals surface area contributed by atoms with Gasteiger partial charge in [0.05, 0.1) is 6.61 Å². The monoisotopic (exact) mass is 353 g/mol. The number of benzene rings is 1. The van der Waals surface area contributed by atoms with Crippen molar-refractivity contribution in [1.29, 1.82) is 0 Å². The number of carbonyl (C=O) groups excluding carboxylic acids is 1. The van der Waals surface area contributed by atoms with E-state index in [0.29, 0.717) is 12.5 Å². The van der Waals surface area contributed by atoms with Crippen molar-refractivity contribution in [2.24, 2.45) is 5.92 Å². The van der Waals surface area contributed by atoms with Gasteiger partial charge in [0.2, 0.25) is 0 Å². The lowest BCUT2D eigenvalue weighted by molar-refractivity contribution is -0.149. The van der Waals surface area contributed by atoms with Gasteiger partial charge in [-0.2, -0.15) is 0 Å². The zero-order valence-electron chi connectivity index (χ0n) is 12.8. The molecule has 3 nitrogen and oxygen atoms in total. The molecule has 116 valence electrons. The molecule has 0 saturated heterocycles. The lowest BCUT2D eigenvalue weighted by Crippen LogP contribution is -2.47. The second-order valence-electron chi connectivity index (χ2n) is 5.97. The molecule has 0 radical (unpaired) electrons. The molecule has 1 aliphatic carbocycles. The summed E-state index contributed by atoms with van der Waals surface area (Å²) in [5.74, 6) is 0.565. The van der Waals surface area contributed by atoms with Gasteiger partial charge in [-0.3, -0.25) is 0 Å². The van der Waals surface area contributed by atoms with E-state index in [1.165, 1.54) is 6.42 Å². The number of hydrogen-bond donors (Lipinski definition) is 1. The summed E-state index contributed by atoms with van der Waals surface area (Å²) >= 11 is 3.44. The maximum atomic E-state index is 12.6. The largest absolute Gasteiger partial charge is 0.464 e. The average molecular weight is 354 g/mol. The molecule has 1 aromatic carbocycles. The Bertz CT molecular complexity index is 474. The van der Waals surface area contributed by atoms with E-state index >= 15 is 0 Å². The second kappa shape index (κ2) is 7.30. The van der Waals surface area contributed by atoms with E-state index < -0.39 is 5.54 Å². The first-order chi connectivity index (χ1) is 10.1. The van der Waals surface area contributed by atoms with Crippen LogP contribution in [0.4, 0.5) is 5.69 Å². The first-order valence-electron chi connectivity index (χ1n) is 7.77. The third-order valence-corrected chi connectivity index (χ3v) is 4.79. The van der Waals surface area contributed by atoms with Gasteiger partial charge in [-0.05, 0) is 56.4 Å². The van der Waals surface area contributed by atoms with E-state index in [1.807, 2.05) is 31.2 Å². The summed E-state index contributed by atoms with van der Waals surface area (Å²) in [5.41, 5.74) is 0.398. The van der Waals surface area contributed by atoms with E-state index in [4.69, 9.17) is 4.74 Å². The zero-order chi connectivity index (χ0) is 15.3. The predicted molar refractivity (Wildman–Crippen MR) is 89.4 cm³/mol. The van der Waals surface area contributed by atoms with Gasteiger partial charge in [-0.1, -0.05) is 35.7 Å². The molecule has 2 atom stereocenters. The van der Waals surface area contributed by atoms with Crippen LogP contribution >= 0.6 is 15.9 Å². The molecule has 2 unspecified atom stereocenters. The maximum absolute atomic E-state index is 12.6. The van der Waals surface area contributed by atoms with Crippen LogP contribution < -0.4 is 5.32 Å². The van der Waals surface area contributed by atoms with Crippen LogP contribution in [0.25, 0.3) is 0 Å². The zero-order valence-corrected chi connectivity index (χ0v) is 14.4. The van der Waals surface area contributed by atoms with Gasteiger partial charge >= 0.3 is 5.97 Å². The molecule has 0 spiro atoms. The van der Waals surface area contributed by atoms with Crippen molar-refractivity contribution in [2.45, 2.75) is 51.5 Å². The van der Waals surface area contributed by atoms with Crippen LogP contribution in [-0.4, -0.2) is 18.1 Å². The van der Waals surface area contributed by atoms with Crippen LogP contribution in [0.1, 0.15) is 46.0 Å². The maximum Gasteiger partial charge on any atom is 0.331 e. The van der Waals surface area contributed by atoms with Crippen molar-refractivity contribution in [3.63, 3.8) is 0 Å². The van der Waals surface area contributed by atoms with Crippen LogP contribution in [0.15, 0.2) is 28.7 Å². The van der Waals surface area contributed by atoms with Crippen molar-refractivity contribution in [2.75, 3.05) is 11.9 Å². The first kappa shape index (κ1) is 16.3. The molecule has 1 fully saturated rings. The van der Waals surface area contributed by atoms with Crippen LogP contribution in [-0.2, 0) is 9.53 Å². The minimum Gasteiger partial charge on any atom is -0.464 e. The first-order valence-corrected chi connectivity index (χ1v) is 8.56. The molecule has 0 aliphatic heterocycles. The average Bonchev–Trinajstić information content (AvgIpc) is 2.65. The molecule has 0 heterocycles. The molecular formula is C17H24BrNO2. The quantitative estimate of drug-likeness (QED) is 0.626. The van der Waals surface area contributed by atoms with Crippen LogP contribution in [0.3, 0.4) is 0 Å². The van der Waals surface area contributed by atoms with Crippen LogP contribution in [0, 0.1) is 5.92 Å². The van der Waals surface area contributed by atoms with Gasteiger partial charge in [0.25, 0.3) is 0 Å². The number of anilines is 1. The highest BCUT2D eigenvalue weighted by Gasteiger charge is 2.40. The van der Waals surface area contributed by atoms with Gasteiger partial charge < -0.3 is 10.1 Å². The van der Waals surface area contributed by atoms with E-state index in [9.17, 15) is 4.79 Å². The fraction of sp³-hybridized carbons (Fsp3) is 0.588. The lowest BCUT2D eigenvalue weighted by atomic mass is 9.89. The third-order valence-electron chi connectivity index (χ3n) is 4.26. The van der Waals surface area contributed by atoms with Crippen molar-refractivity contribution in [3.8, 4) is 0 Å². The summed E-state index contributed by atoms with van der Waals surface area (Å²) in [5, 5.41) is 3.47. The van der Waals surface area contributed by atoms with Gasteiger partial charge in [0.1, 0.15) is 5.54 Å². The minimum atomic E-state index is -0.575. The SMILES string of the molecule is CCOC(=O)C1(Nc2ccc(Br)cc2)CCCC(C)CC1. The highest BCUT2D eigenvalue weighted by Crippen LogP contribution is 2.34. The number of rotatable bonds is 4. The number of nitrogens with one attached hydrogen (secondary N) is 1. The molecule has 2 rings (SSSR count). The van der Waals surface area contributed by atoms with Crippen molar-refractivity contribution in [3.05, 3.63) is 28.7 Å². The number of hydrogen-bond acceptors (Lipinski definition) is 3. The fourth-order valence-corrected chi connectivity index (χ4v) is 3.24. The van der Waals surface area contributed by atoms with Gasteiger partial charge in [0.15, 0.2) is 0 Å². The van der Waals surface area contributed by atoms with Crippen molar-refractivity contribution < 1.29 is 9.53 Å². The molecule has 0 bridgehead atoms. The molecular weight excluding hydrogens is 330 g/mol. The third kappa shape index (κ3) is 4.22. The molecule has 1 saturated carbocycles.